The normalized spacial score (nSPS) is 44.2. The Kier molecular flexibility index (Phi) is 5.19. The molecule has 19 heavy (non-hydrogen) atoms. The zero-order valence-electron chi connectivity index (χ0n) is 12.4. The van der Waals surface area contributed by atoms with Crippen LogP contribution in [0.5, 0.6) is 0 Å². The highest BCUT2D eigenvalue weighted by Crippen LogP contribution is 2.54. The van der Waals surface area contributed by atoms with E-state index in [4.69, 9.17) is 0 Å². The molecule has 0 aromatic carbocycles. The fourth-order valence-electron chi connectivity index (χ4n) is 3.73. The van der Waals surface area contributed by atoms with Crippen molar-refractivity contribution in [2.75, 3.05) is 0 Å². The van der Waals surface area contributed by atoms with Crippen LogP contribution in [0.15, 0.2) is 0 Å². The summed E-state index contributed by atoms with van der Waals surface area (Å²) in [6, 6.07) is 0. The molecule has 0 nitrogen and oxygen atoms in total. The van der Waals surface area contributed by atoms with Crippen LogP contribution in [0.25, 0.3) is 0 Å². The van der Waals surface area contributed by atoms with Crippen LogP contribution < -0.4 is 0 Å². The standard InChI is InChI=1S/C16H28F2S/c1-3-15(9-5-13(17)6-10-15)19-16(4-2)11-7-14(18)8-12-16/h13-14H,3-12H2,1-2H3. The zero-order chi connectivity index (χ0) is 13.9. The minimum atomic E-state index is -0.584. The third-order valence-electron chi connectivity index (χ3n) is 5.37. The molecule has 2 saturated carbocycles. The van der Waals surface area contributed by atoms with Gasteiger partial charge in [-0.2, -0.15) is 0 Å². The van der Waals surface area contributed by atoms with E-state index >= 15 is 0 Å². The van der Waals surface area contributed by atoms with Crippen molar-refractivity contribution in [2.45, 2.75) is 99.9 Å². The lowest BCUT2D eigenvalue weighted by Gasteiger charge is -2.47. The highest BCUT2D eigenvalue weighted by atomic mass is 32.2. The minimum Gasteiger partial charge on any atom is -0.247 e. The van der Waals surface area contributed by atoms with Gasteiger partial charge in [-0.3, -0.25) is 0 Å². The Morgan fingerprint density at radius 3 is 1.37 bits per heavy atom. The van der Waals surface area contributed by atoms with Gasteiger partial charge in [0, 0.05) is 9.49 Å². The third-order valence-corrected chi connectivity index (χ3v) is 7.63. The van der Waals surface area contributed by atoms with E-state index in [1.807, 2.05) is 0 Å². The van der Waals surface area contributed by atoms with E-state index in [1.54, 1.807) is 0 Å². The first-order valence-corrected chi connectivity index (χ1v) is 8.83. The number of alkyl halides is 2. The van der Waals surface area contributed by atoms with Crippen LogP contribution >= 0.6 is 11.8 Å². The molecule has 0 aromatic heterocycles. The van der Waals surface area contributed by atoms with Crippen molar-refractivity contribution in [1.29, 1.82) is 0 Å². The smallest absolute Gasteiger partial charge is 0.100 e. The monoisotopic (exact) mass is 290 g/mol. The van der Waals surface area contributed by atoms with Crippen molar-refractivity contribution in [2.24, 2.45) is 0 Å². The maximum Gasteiger partial charge on any atom is 0.100 e. The highest BCUT2D eigenvalue weighted by molar-refractivity contribution is 8.02. The number of hydrogen-bond acceptors (Lipinski definition) is 1. The van der Waals surface area contributed by atoms with Crippen molar-refractivity contribution in [1.82, 2.24) is 0 Å². The molecule has 0 aromatic rings. The predicted molar refractivity (Wildman–Crippen MR) is 80.4 cm³/mol. The van der Waals surface area contributed by atoms with Gasteiger partial charge in [0.1, 0.15) is 12.3 Å². The summed E-state index contributed by atoms with van der Waals surface area (Å²) < 4.78 is 27.4. The number of thioether (sulfide) groups is 1. The first kappa shape index (κ1) is 15.6. The van der Waals surface area contributed by atoms with E-state index in [0.717, 1.165) is 64.2 Å². The van der Waals surface area contributed by atoms with Crippen molar-refractivity contribution in [3.8, 4) is 0 Å². The summed E-state index contributed by atoms with van der Waals surface area (Å²) in [5.74, 6) is 0. The summed E-state index contributed by atoms with van der Waals surface area (Å²) >= 11 is 2.11. The summed E-state index contributed by atoms with van der Waals surface area (Å²) in [6.07, 6.45) is 8.05. The maximum atomic E-state index is 13.4. The third kappa shape index (κ3) is 3.65. The van der Waals surface area contributed by atoms with Crippen LogP contribution in [0.3, 0.4) is 0 Å². The summed E-state index contributed by atoms with van der Waals surface area (Å²) in [6.45, 7) is 4.49. The second kappa shape index (κ2) is 6.32. The molecule has 2 rings (SSSR count). The quantitative estimate of drug-likeness (QED) is 0.626. The van der Waals surface area contributed by atoms with E-state index in [0.29, 0.717) is 0 Å². The second-order valence-corrected chi connectivity index (χ2v) is 8.46. The van der Waals surface area contributed by atoms with E-state index in [1.165, 1.54) is 0 Å². The molecule has 2 fully saturated rings. The van der Waals surface area contributed by atoms with Gasteiger partial charge in [-0.25, -0.2) is 8.78 Å². The molecule has 0 spiro atoms. The van der Waals surface area contributed by atoms with Gasteiger partial charge in [-0.1, -0.05) is 13.8 Å². The van der Waals surface area contributed by atoms with Crippen LogP contribution in [0.2, 0.25) is 0 Å². The Hall–Kier alpha value is 0.210. The average Bonchev–Trinajstić information content (AvgIpc) is 2.45. The van der Waals surface area contributed by atoms with Gasteiger partial charge >= 0.3 is 0 Å². The molecule has 0 bridgehead atoms. The molecule has 0 aliphatic heterocycles. The largest absolute Gasteiger partial charge is 0.247 e. The number of halogens is 2. The predicted octanol–water partition coefficient (Wildman–Crippen LogP) is 5.84. The molecule has 2 aliphatic carbocycles. The molecule has 0 unspecified atom stereocenters. The molecule has 0 amide bonds. The van der Waals surface area contributed by atoms with Gasteiger partial charge in [0.2, 0.25) is 0 Å². The summed E-state index contributed by atoms with van der Waals surface area (Å²) in [7, 11) is 0. The lowest BCUT2D eigenvalue weighted by atomic mass is 9.84. The fraction of sp³-hybridized carbons (Fsp3) is 1.00. The first-order valence-electron chi connectivity index (χ1n) is 8.01. The minimum absolute atomic E-state index is 0.266. The number of rotatable bonds is 4. The molecule has 0 N–H and O–H groups in total. The first-order chi connectivity index (χ1) is 9.03. The van der Waals surface area contributed by atoms with Gasteiger partial charge < -0.3 is 0 Å². The van der Waals surface area contributed by atoms with Gasteiger partial charge in [-0.05, 0) is 64.2 Å². The Labute approximate surface area is 121 Å². The SMILES string of the molecule is CCC1(SC2(CC)CCC(F)CC2)CCC(F)CC1. The molecule has 0 radical (unpaired) electrons. The summed E-state index contributed by atoms with van der Waals surface area (Å²) in [5, 5.41) is 0. The van der Waals surface area contributed by atoms with Crippen molar-refractivity contribution >= 4 is 11.8 Å². The fourth-order valence-corrected chi connectivity index (χ4v) is 5.82. The molecular weight excluding hydrogens is 262 g/mol. The van der Waals surface area contributed by atoms with Gasteiger partial charge in [0.15, 0.2) is 0 Å². The molecule has 3 heteroatoms. The number of hydrogen-bond donors (Lipinski definition) is 0. The highest BCUT2D eigenvalue weighted by Gasteiger charge is 2.43. The average molecular weight is 290 g/mol. The Bertz CT molecular complexity index is 248. The molecule has 2 aliphatic rings. The molecule has 0 atom stereocenters. The van der Waals surface area contributed by atoms with E-state index in [9.17, 15) is 8.78 Å². The molecule has 0 saturated heterocycles. The van der Waals surface area contributed by atoms with Crippen LogP contribution in [0.4, 0.5) is 8.78 Å². The van der Waals surface area contributed by atoms with Gasteiger partial charge in [0.25, 0.3) is 0 Å². The Morgan fingerprint density at radius 2 is 1.11 bits per heavy atom. The van der Waals surface area contributed by atoms with Crippen LogP contribution in [0.1, 0.15) is 78.1 Å². The summed E-state index contributed by atoms with van der Waals surface area (Å²) in [4.78, 5) is 0. The van der Waals surface area contributed by atoms with Crippen LogP contribution in [0, 0.1) is 0 Å². The van der Waals surface area contributed by atoms with E-state index in [-0.39, 0.29) is 9.49 Å². The van der Waals surface area contributed by atoms with Gasteiger partial charge in [0.05, 0.1) is 0 Å². The zero-order valence-corrected chi connectivity index (χ0v) is 13.2. The van der Waals surface area contributed by atoms with Crippen LogP contribution in [-0.2, 0) is 0 Å². The lowest BCUT2D eigenvalue weighted by molar-refractivity contribution is 0.208. The van der Waals surface area contributed by atoms with Gasteiger partial charge in [-0.15, -0.1) is 11.8 Å². The van der Waals surface area contributed by atoms with Crippen molar-refractivity contribution < 1.29 is 8.78 Å². The van der Waals surface area contributed by atoms with Crippen LogP contribution in [-0.4, -0.2) is 21.8 Å². The Morgan fingerprint density at radius 1 is 0.789 bits per heavy atom. The maximum absolute atomic E-state index is 13.4. The van der Waals surface area contributed by atoms with Crippen molar-refractivity contribution in [3.05, 3.63) is 0 Å². The van der Waals surface area contributed by atoms with E-state index < -0.39 is 12.3 Å². The van der Waals surface area contributed by atoms with Crippen molar-refractivity contribution in [3.63, 3.8) is 0 Å². The second-order valence-electron chi connectivity index (χ2n) is 6.52. The summed E-state index contributed by atoms with van der Waals surface area (Å²) in [5.41, 5.74) is 0. The molecule has 112 valence electrons. The van der Waals surface area contributed by atoms with E-state index in [2.05, 4.69) is 25.6 Å². The lowest BCUT2D eigenvalue weighted by Crippen LogP contribution is -2.40. The topological polar surface area (TPSA) is 0 Å². The Balaban J connectivity index is 2.03. The molecule has 0 heterocycles. The molecular formula is C16H28F2S.